The van der Waals surface area contributed by atoms with E-state index < -0.39 is 0 Å². The van der Waals surface area contributed by atoms with E-state index in [0.717, 1.165) is 6.42 Å². The topological polar surface area (TPSA) is 35.8 Å². The van der Waals surface area contributed by atoms with Gasteiger partial charge in [-0.2, -0.15) is 5.26 Å². The van der Waals surface area contributed by atoms with Crippen molar-refractivity contribution in [1.82, 2.24) is 5.32 Å². The van der Waals surface area contributed by atoms with Gasteiger partial charge in [0.1, 0.15) is 0 Å². The van der Waals surface area contributed by atoms with E-state index in [1.165, 1.54) is 25.7 Å². The summed E-state index contributed by atoms with van der Waals surface area (Å²) >= 11 is 0. The lowest BCUT2D eigenvalue weighted by molar-refractivity contribution is 0.193. The Morgan fingerprint density at radius 2 is 2.29 bits per heavy atom. The molecular formula is C12H22N2. The molecule has 80 valence electrons. The lowest BCUT2D eigenvalue weighted by Crippen LogP contribution is -2.42. The first kappa shape index (κ1) is 11.5. The molecule has 2 atom stereocenters. The molecule has 0 aromatic heterocycles. The van der Waals surface area contributed by atoms with Crippen LogP contribution in [0, 0.1) is 16.7 Å². The van der Waals surface area contributed by atoms with E-state index in [2.05, 4.69) is 32.2 Å². The van der Waals surface area contributed by atoms with Gasteiger partial charge in [0.05, 0.1) is 12.1 Å². The van der Waals surface area contributed by atoms with Crippen LogP contribution in [0.4, 0.5) is 0 Å². The fourth-order valence-electron chi connectivity index (χ4n) is 2.37. The Hall–Kier alpha value is -0.550. The van der Waals surface area contributed by atoms with Crippen LogP contribution < -0.4 is 5.32 Å². The van der Waals surface area contributed by atoms with Crippen LogP contribution in [0.5, 0.6) is 0 Å². The van der Waals surface area contributed by atoms with Gasteiger partial charge in [-0.3, -0.25) is 5.32 Å². The average molecular weight is 194 g/mol. The zero-order valence-electron chi connectivity index (χ0n) is 9.64. The normalized spacial score (nSPS) is 28.0. The molecule has 0 aromatic rings. The summed E-state index contributed by atoms with van der Waals surface area (Å²) in [7, 11) is 0. The summed E-state index contributed by atoms with van der Waals surface area (Å²) in [5.41, 5.74) is 0.462. The second-order valence-corrected chi connectivity index (χ2v) is 5.21. The van der Waals surface area contributed by atoms with Crippen LogP contribution in [0.3, 0.4) is 0 Å². The molecule has 0 amide bonds. The molecule has 1 aliphatic rings. The van der Waals surface area contributed by atoms with Gasteiger partial charge in [0.25, 0.3) is 0 Å². The zero-order chi connectivity index (χ0) is 10.6. The SMILES string of the molecule is CCC(C#N)NC1CCCC(C)(C)C1. The van der Waals surface area contributed by atoms with Crippen molar-refractivity contribution in [3.8, 4) is 6.07 Å². The Labute approximate surface area is 87.7 Å². The molecule has 2 nitrogen and oxygen atoms in total. The van der Waals surface area contributed by atoms with Gasteiger partial charge in [-0.15, -0.1) is 0 Å². The third-order valence-electron chi connectivity index (χ3n) is 3.21. The fraction of sp³-hybridized carbons (Fsp3) is 0.917. The number of nitriles is 1. The fourth-order valence-corrected chi connectivity index (χ4v) is 2.37. The number of rotatable bonds is 3. The molecule has 1 N–H and O–H groups in total. The van der Waals surface area contributed by atoms with Gasteiger partial charge in [0, 0.05) is 6.04 Å². The second kappa shape index (κ2) is 4.79. The standard InChI is InChI=1S/C12H22N2/c1-4-10(9-13)14-11-6-5-7-12(2,3)8-11/h10-11,14H,4-8H2,1-3H3. The summed E-state index contributed by atoms with van der Waals surface area (Å²) in [5, 5.41) is 12.3. The first-order valence-corrected chi connectivity index (χ1v) is 5.73. The van der Waals surface area contributed by atoms with Crippen molar-refractivity contribution in [2.45, 2.75) is 65.0 Å². The molecule has 1 saturated carbocycles. The molecule has 1 rings (SSSR count). The van der Waals surface area contributed by atoms with E-state index >= 15 is 0 Å². The van der Waals surface area contributed by atoms with Gasteiger partial charge in [-0.25, -0.2) is 0 Å². The molecule has 0 aromatic carbocycles. The van der Waals surface area contributed by atoms with E-state index in [0.29, 0.717) is 11.5 Å². The molecular weight excluding hydrogens is 172 g/mol. The zero-order valence-corrected chi connectivity index (χ0v) is 9.64. The molecule has 2 heteroatoms. The van der Waals surface area contributed by atoms with Crippen LogP contribution >= 0.6 is 0 Å². The van der Waals surface area contributed by atoms with Crippen LogP contribution in [-0.2, 0) is 0 Å². The molecule has 1 aliphatic carbocycles. The Morgan fingerprint density at radius 1 is 1.57 bits per heavy atom. The van der Waals surface area contributed by atoms with Crippen molar-refractivity contribution in [3.05, 3.63) is 0 Å². The van der Waals surface area contributed by atoms with Crippen LogP contribution in [0.2, 0.25) is 0 Å². The molecule has 0 saturated heterocycles. The molecule has 0 heterocycles. The summed E-state index contributed by atoms with van der Waals surface area (Å²) in [6, 6.07) is 2.92. The van der Waals surface area contributed by atoms with Gasteiger partial charge in [0.2, 0.25) is 0 Å². The summed E-state index contributed by atoms with van der Waals surface area (Å²) in [4.78, 5) is 0. The lowest BCUT2D eigenvalue weighted by Gasteiger charge is -2.36. The largest absolute Gasteiger partial charge is 0.299 e. The highest BCUT2D eigenvalue weighted by molar-refractivity contribution is 4.93. The van der Waals surface area contributed by atoms with E-state index in [9.17, 15) is 0 Å². The van der Waals surface area contributed by atoms with Gasteiger partial charge in [0.15, 0.2) is 0 Å². The van der Waals surface area contributed by atoms with Crippen molar-refractivity contribution in [1.29, 1.82) is 5.26 Å². The number of hydrogen-bond acceptors (Lipinski definition) is 2. The van der Waals surface area contributed by atoms with Gasteiger partial charge in [-0.1, -0.05) is 27.2 Å². The number of nitrogens with one attached hydrogen (secondary N) is 1. The van der Waals surface area contributed by atoms with Crippen LogP contribution in [0.15, 0.2) is 0 Å². The molecule has 14 heavy (non-hydrogen) atoms. The summed E-state index contributed by atoms with van der Waals surface area (Å²) in [6.45, 7) is 6.72. The lowest BCUT2D eigenvalue weighted by atomic mass is 9.75. The van der Waals surface area contributed by atoms with E-state index in [-0.39, 0.29) is 6.04 Å². The minimum absolute atomic E-state index is 0.0499. The smallest absolute Gasteiger partial charge is 0.0952 e. The van der Waals surface area contributed by atoms with Crippen LogP contribution in [0.1, 0.15) is 52.9 Å². The Kier molecular flexibility index (Phi) is 3.95. The summed E-state index contributed by atoms with van der Waals surface area (Å²) in [5.74, 6) is 0. The average Bonchev–Trinajstić information content (AvgIpc) is 2.12. The van der Waals surface area contributed by atoms with Crippen molar-refractivity contribution in [3.63, 3.8) is 0 Å². The van der Waals surface area contributed by atoms with Crippen molar-refractivity contribution < 1.29 is 0 Å². The van der Waals surface area contributed by atoms with Crippen molar-refractivity contribution >= 4 is 0 Å². The van der Waals surface area contributed by atoms with Crippen molar-refractivity contribution in [2.75, 3.05) is 0 Å². The minimum atomic E-state index is 0.0499. The molecule has 0 radical (unpaired) electrons. The quantitative estimate of drug-likeness (QED) is 0.750. The minimum Gasteiger partial charge on any atom is -0.299 e. The molecule has 0 bridgehead atoms. The maximum Gasteiger partial charge on any atom is 0.0952 e. The van der Waals surface area contributed by atoms with Crippen LogP contribution in [-0.4, -0.2) is 12.1 Å². The third-order valence-corrected chi connectivity index (χ3v) is 3.21. The predicted molar refractivity (Wildman–Crippen MR) is 58.9 cm³/mol. The first-order valence-electron chi connectivity index (χ1n) is 5.73. The Balaban J connectivity index is 2.42. The van der Waals surface area contributed by atoms with Gasteiger partial charge >= 0.3 is 0 Å². The molecule has 0 aliphatic heterocycles. The van der Waals surface area contributed by atoms with Gasteiger partial charge < -0.3 is 0 Å². The Morgan fingerprint density at radius 3 is 2.79 bits per heavy atom. The van der Waals surface area contributed by atoms with E-state index in [1.54, 1.807) is 0 Å². The van der Waals surface area contributed by atoms with E-state index in [1.807, 2.05) is 0 Å². The van der Waals surface area contributed by atoms with Gasteiger partial charge in [-0.05, 0) is 31.1 Å². The van der Waals surface area contributed by atoms with E-state index in [4.69, 9.17) is 5.26 Å². The summed E-state index contributed by atoms with van der Waals surface area (Å²) < 4.78 is 0. The highest BCUT2D eigenvalue weighted by atomic mass is 14.9. The second-order valence-electron chi connectivity index (χ2n) is 5.21. The molecule has 1 fully saturated rings. The number of hydrogen-bond donors (Lipinski definition) is 1. The highest BCUT2D eigenvalue weighted by Crippen LogP contribution is 2.35. The van der Waals surface area contributed by atoms with Crippen molar-refractivity contribution in [2.24, 2.45) is 5.41 Å². The predicted octanol–water partition coefficient (Wildman–Crippen LogP) is 2.85. The monoisotopic (exact) mass is 194 g/mol. The molecule has 0 spiro atoms. The highest BCUT2D eigenvalue weighted by Gasteiger charge is 2.28. The molecule has 2 unspecified atom stereocenters. The number of nitrogens with zero attached hydrogens (tertiary/aromatic N) is 1. The maximum atomic E-state index is 8.87. The van der Waals surface area contributed by atoms with Crippen LogP contribution in [0.25, 0.3) is 0 Å². The maximum absolute atomic E-state index is 8.87. The Bertz CT molecular complexity index is 215. The first-order chi connectivity index (χ1) is 6.57. The third kappa shape index (κ3) is 3.31. The summed E-state index contributed by atoms with van der Waals surface area (Å²) in [6.07, 6.45) is 5.99.